The van der Waals surface area contributed by atoms with Crippen LogP contribution in [0.2, 0.25) is 0 Å². The standard InChI is InChI=1S/C11H21NO4.6CH4/c1-4-11(16-9(3)14)6-10(15)5-8(2)12-7-13;;;;;;/h7-8,10-11,15H,4-6H2,1-3H3,(H,12,13);6*1H4. The number of carbonyl (C=O) groups excluding carboxylic acids is 2. The number of hydrogen-bond acceptors (Lipinski definition) is 4. The topological polar surface area (TPSA) is 75.6 Å². The van der Waals surface area contributed by atoms with E-state index < -0.39 is 6.10 Å². The van der Waals surface area contributed by atoms with Gasteiger partial charge in [-0.1, -0.05) is 51.5 Å². The quantitative estimate of drug-likeness (QED) is 0.511. The number of hydrogen-bond donors (Lipinski definition) is 2. The molecule has 0 spiro atoms. The minimum absolute atomic E-state index is 0. The summed E-state index contributed by atoms with van der Waals surface area (Å²) in [6, 6.07) is -0.0812. The molecule has 0 heterocycles. The second-order valence-electron chi connectivity index (χ2n) is 3.95. The highest BCUT2D eigenvalue weighted by Gasteiger charge is 2.17. The maximum atomic E-state index is 10.8. The highest BCUT2D eigenvalue weighted by atomic mass is 16.5. The van der Waals surface area contributed by atoms with E-state index in [1.807, 2.05) is 13.8 Å². The van der Waals surface area contributed by atoms with E-state index in [0.29, 0.717) is 25.7 Å². The van der Waals surface area contributed by atoms with Crippen molar-refractivity contribution in [3.8, 4) is 0 Å². The van der Waals surface area contributed by atoms with E-state index in [2.05, 4.69) is 5.32 Å². The number of aliphatic hydroxyl groups excluding tert-OH is 1. The fourth-order valence-corrected chi connectivity index (χ4v) is 1.52. The Labute approximate surface area is 140 Å². The van der Waals surface area contributed by atoms with Gasteiger partial charge in [-0.3, -0.25) is 9.59 Å². The lowest BCUT2D eigenvalue weighted by atomic mass is 10.0. The van der Waals surface area contributed by atoms with Crippen LogP contribution in [0.5, 0.6) is 0 Å². The number of amides is 1. The van der Waals surface area contributed by atoms with E-state index in [-0.39, 0.29) is 62.7 Å². The Morgan fingerprint density at radius 1 is 1.14 bits per heavy atom. The maximum Gasteiger partial charge on any atom is 0.302 e. The van der Waals surface area contributed by atoms with Crippen LogP contribution < -0.4 is 5.32 Å². The molecule has 2 N–H and O–H groups in total. The first-order valence-electron chi connectivity index (χ1n) is 5.54. The summed E-state index contributed by atoms with van der Waals surface area (Å²) in [6.45, 7) is 5.06. The SMILES string of the molecule is C.C.C.C.C.C.CCC(CC(O)CC(C)NC=O)OC(C)=O. The predicted octanol–water partition coefficient (Wildman–Crippen LogP) is 4.42. The van der Waals surface area contributed by atoms with Crippen molar-refractivity contribution in [1.82, 2.24) is 5.32 Å². The summed E-state index contributed by atoms with van der Waals surface area (Å²) in [5.41, 5.74) is 0. The lowest BCUT2D eigenvalue weighted by molar-refractivity contribution is -0.147. The Hall–Kier alpha value is -1.10. The van der Waals surface area contributed by atoms with E-state index in [0.717, 1.165) is 0 Å². The van der Waals surface area contributed by atoms with Crippen LogP contribution in [0.15, 0.2) is 0 Å². The van der Waals surface area contributed by atoms with Crippen molar-refractivity contribution in [2.75, 3.05) is 0 Å². The zero-order valence-corrected chi connectivity index (χ0v) is 10.1. The third-order valence-corrected chi connectivity index (χ3v) is 2.30. The van der Waals surface area contributed by atoms with Gasteiger partial charge in [0.05, 0.1) is 6.10 Å². The Bertz CT molecular complexity index is 223. The molecule has 0 aromatic carbocycles. The van der Waals surface area contributed by atoms with Crippen LogP contribution in [-0.4, -0.2) is 35.7 Å². The maximum absolute atomic E-state index is 10.8. The summed E-state index contributed by atoms with van der Waals surface area (Å²) in [4.78, 5) is 20.9. The van der Waals surface area contributed by atoms with Gasteiger partial charge in [-0.05, 0) is 19.8 Å². The monoisotopic (exact) mass is 327 g/mol. The van der Waals surface area contributed by atoms with E-state index in [4.69, 9.17) is 4.74 Å². The zero-order chi connectivity index (χ0) is 12.6. The summed E-state index contributed by atoms with van der Waals surface area (Å²) in [5, 5.41) is 12.3. The molecule has 3 atom stereocenters. The molecule has 5 heteroatoms. The van der Waals surface area contributed by atoms with Crippen LogP contribution in [0.3, 0.4) is 0 Å². The average Bonchev–Trinajstić information content (AvgIpc) is 2.15. The molecule has 0 aliphatic heterocycles. The molecule has 3 unspecified atom stereocenters. The molecule has 0 aliphatic carbocycles. The van der Waals surface area contributed by atoms with Gasteiger partial charge in [0.15, 0.2) is 0 Å². The third-order valence-electron chi connectivity index (χ3n) is 2.30. The van der Waals surface area contributed by atoms with Gasteiger partial charge in [0, 0.05) is 19.4 Å². The van der Waals surface area contributed by atoms with Gasteiger partial charge >= 0.3 is 5.97 Å². The molecule has 142 valence electrons. The van der Waals surface area contributed by atoms with E-state index >= 15 is 0 Å². The highest BCUT2D eigenvalue weighted by molar-refractivity contribution is 5.66. The molecule has 0 rings (SSSR count). The zero-order valence-electron chi connectivity index (χ0n) is 10.1. The number of nitrogens with one attached hydrogen (secondary N) is 1. The summed E-state index contributed by atoms with van der Waals surface area (Å²) < 4.78 is 5.02. The van der Waals surface area contributed by atoms with Gasteiger partial charge < -0.3 is 15.2 Å². The van der Waals surface area contributed by atoms with Gasteiger partial charge in [0.1, 0.15) is 6.10 Å². The van der Waals surface area contributed by atoms with Gasteiger partial charge in [-0.2, -0.15) is 0 Å². The first-order chi connectivity index (χ1) is 7.49. The Morgan fingerprint density at radius 2 is 1.59 bits per heavy atom. The van der Waals surface area contributed by atoms with Crippen LogP contribution in [-0.2, 0) is 14.3 Å². The van der Waals surface area contributed by atoms with Crippen molar-refractivity contribution in [3.63, 3.8) is 0 Å². The molecule has 0 aromatic heterocycles. The van der Waals surface area contributed by atoms with E-state index in [1.54, 1.807) is 0 Å². The molecule has 22 heavy (non-hydrogen) atoms. The third kappa shape index (κ3) is 24.0. The molecule has 0 fully saturated rings. The molecular weight excluding hydrogens is 282 g/mol. The van der Waals surface area contributed by atoms with Crippen molar-refractivity contribution < 1.29 is 19.4 Å². The smallest absolute Gasteiger partial charge is 0.302 e. The normalized spacial score (nSPS) is 11.6. The molecule has 0 radical (unpaired) electrons. The predicted molar refractivity (Wildman–Crippen MR) is 100 cm³/mol. The van der Waals surface area contributed by atoms with Crippen molar-refractivity contribution in [2.45, 2.75) is 103 Å². The second kappa shape index (κ2) is 24.9. The number of carbonyl (C=O) groups is 2. The molecule has 0 saturated heterocycles. The van der Waals surface area contributed by atoms with Crippen molar-refractivity contribution in [1.29, 1.82) is 0 Å². The molecule has 0 saturated carbocycles. The number of esters is 1. The molecule has 5 nitrogen and oxygen atoms in total. The molecule has 0 bridgehead atoms. The first kappa shape index (κ1) is 42.8. The fraction of sp³-hybridized carbons (Fsp3) is 0.882. The summed E-state index contributed by atoms with van der Waals surface area (Å²) in [5.74, 6) is -0.335. The van der Waals surface area contributed by atoms with Crippen LogP contribution in [0.25, 0.3) is 0 Å². The van der Waals surface area contributed by atoms with Gasteiger partial charge in [-0.25, -0.2) is 0 Å². The molecule has 1 amide bonds. The molecule has 0 aliphatic rings. The Kier molecular flexibility index (Phi) is 48.5. The number of ether oxygens (including phenoxy) is 1. The number of rotatable bonds is 8. The largest absolute Gasteiger partial charge is 0.462 e. The Morgan fingerprint density at radius 3 is 1.91 bits per heavy atom. The first-order valence-corrected chi connectivity index (χ1v) is 5.54. The molecular formula is C17H45NO4. The van der Waals surface area contributed by atoms with E-state index in [9.17, 15) is 14.7 Å². The van der Waals surface area contributed by atoms with Gasteiger partial charge in [-0.15, -0.1) is 0 Å². The van der Waals surface area contributed by atoms with Crippen LogP contribution in [0, 0.1) is 0 Å². The van der Waals surface area contributed by atoms with Crippen molar-refractivity contribution >= 4 is 12.4 Å². The average molecular weight is 328 g/mol. The van der Waals surface area contributed by atoms with Gasteiger partial charge in [0.2, 0.25) is 6.41 Å². The van der Waals surface area contributed by atoms with Crippen LogP contribution >= 0.6 is 0 Å². The Balaban J connectivity index is -0.0000000750. The summed E-state index contributed by atoms with van der Waals surface area (Å²) in [7, 11) is 0. The summed E-state index contributed by atoms with van der Waals surface area (Å²) in [6.07, 6.45) is 1.31. The van der Waals surface area contributed by atoms with Crippen molar-refractivity contribution in [3.05, 3.63) is 0 Å². The van der Waals surface area contributed by atoms with Gasteiger partial charge in [0.25, 0.3) is 0 Å². The molecule has 0 aromatic rings. The summed E-state index contributed by atoms with van der Waals surface area (Å²) >= 11 is 0. The lowest BCUT2D eigenvalue weighted by Gasteiger charge is -2.21. The van der Waals surface area contributed by atoms with Crippen LogP contribution in [0.4, 0.5) is 0 Å². The number of aliphatic hydroxyl groups is 1. The minimum atomic E-state index is -0.577. The van der Waals surface area contributed by atoms with Crippen LogP contribution in [0.1, 0.15) is 84.6 Å². The highest BCUT2D eigenvalue weighted by Crippen LogP contribution is 2.11. The lowest BCUT2D eigenvalue weighted by Crippen LogP contribution is -2.31. The van der Waals surface area contributed by atoms with E-state index in [1.165, 1.54) is 6.92 Å². The second-order valence-corrected chi connectivity index (χ2v) is 3.95. The van der Waals surface area contributed by atoms with Crippen molar-refractivity contribution in [2.24, 2.45) is 0 Å². The minimum Gasteiger partial charge on any atom is -0.462 e. The fourth-order valence-electron chi connectivity index (χ4n) is 1.52.